The van der Waals surface area contributed by atoms with E-state index in [0.717, 1.165) is 0 Å². The third kappa shape index (κ3) is 2.67. The number of carbonyl (C=O) groups excluding carboxylic acids is 1. The number of anilines is 1. The van der Waals surface area contributed by atoms with Crippen LogP contribution in [0.25, 0.3) is 11.2 Å². The van der Waals surface area contributed by atoms with Crippen LogP contribution in [0.1, 0.15) is 13.2 Å². The standard InChI is InChI=1S/C13H18N6O5/c1-5(10(14)23)18-11-7-12(16-3-15-11)19(4-17-7)13-9(22)8(21)6(2-20)24-13/h3-6,8-9,13,20-22H,2H2,1H3,(H2,14,23)(H,15,16,18)/t5?,6-,8?,9?,13-/m1/s1. The van der Waals surface area contributed by atoms with Gasteiger partial charge in [-0.15, -0.1) is 0 Å². The number of aromatic nitrogens is 4. The van der Waals surface area contributed by atoms with Gasteiger partial charge in [0.15, 0.2) is 23.2 Å². The molecule has 0 bridgehead atoms. The summed E-state index contributed by atoms with van der Waals surface area (Å²) in [5.74, 6) is -0.249. The summed E-state index contributed by atoms with van der Waals surface area (Å²) in [5, 5.41) is 32.0. The molecule has 11 nitrogen and oxygen atoms in total. The lowest BCUT2D eigenvalue weighted by atomic mass is 10.1. The SMILES string of the molecule is CC(Nc1ncnc2c1ncn2[C@@H]1O[C@H](CO)C(O)C1O)C(N)=O. The molecule has 5 atom stereocenters. The molecular weight excluding hydrogens is 320 g/mol. The molecule has 1 aliphatic heterocycles. The molecule has 2 aromatic rings. The Bertz CT molecular complexity index is 752. The van der Waals surface area contributed by atoms with Crippen LogP contribution in [0.5, 0.6) is 0 Å². The van der Waals surface area contributed by atoms with Gasteiger partial charge in [0.1, 0.15) is 30.7 Å². The van der Waals surface area contributed by atoms with Crippen LogP contribution in [0.2, 0.25) is 0 Å². The normalized spacial score (nSPS) is 28.2. The van der Waals surface area contributed by atoms with Gasteiger partial charge in [0.25, 0.3) is 0 Å². The molecule has 2 aromatic heterocycles. The number of nitrogens with zero attached hydrogens (tertiary/aromatic N) is 4. The lowest BCUT2D eigenvalue weighted by Crippen LogP contribution is -2.33. The molecule has 0 spiro atoms. The van der Waals surface area contributed by atoms with E-state index in [-0.39, 0.29) is 0 Å². The van der Waals surface area contributed by atoms with E-state index in [4.69, 9.17) is 10.5 Å². The van der Waals surface area contributed by atoms with Gasteiger partial charge >= 0.3 is 0 Å². The van der Waals surface area contributed by atoms with Crippen molar-refractivity contribution in [3.8, 4) is 0 Å². The molecule has 6 N–H and O–H groups in total. The van der Waals surface area contributed by atoms with Crippen molar-refractivity contribution in [1.82, 2.24) is 19.5 Å². The van der Waals surface area contributed by atoms with Crippen molar-refractivity contribution in [2.24, 2.45) is 5.73 Å². The van der Waals surface area contributed by atoms with Gasteiger partial charge in [-0.1, -0.05) is 0 Å². The van der Waals surface area contributed by atoms with Crippen molar-refractivity contribution in [3.63, 3.8) is 0 Å². The highest BCUT2D eigenvalue weighted by Gasteiger charge is 2.44. The monoisotopic (exact) mass is 338 g/mol. The highest BCUT2D eigenvalue weighted by atomic mass is 16.6. The molecule has 3 rings (SSSR count). The van der Waals surface area contributed by atoms with Crippen molar-refractivity contribution in [1.29, 1.82) is 0 Å². The van der Waals surface area contributed by atoms with Crippen molar-refractivity contribution >= 4 is 22.9 Å². The maximum absolute atomic E-state index is 11.2. The molecule has 3 unspecified atom stereocenters. The zero-order valence-electron chi connectivity index (χ0n) is 12.8. The lowest BCUT2D eigenvalue weighted by Gasteiger charge is -2.16. The maximum Gasteiger partial charge on any atom is 0.239 e. The maximum atomic E-state index is 11.2. The third-order valence-electron chi connectivity index (χ3n) is 3.93. The average Bonchev–Trinajstić information content (AvgIpc) is 3.10. The van der Waals surface area contributed by atoms with Crippen LogP contribution in [0, 0.1) is 0 Å². The fourth-order valence-electron chi connectivity index (χ4n) is 2.53. The third-order valence-corrected chi connectivity index (χ3v) is 3.93. The van der Waals surface area contributed by atoms with Gasteiger partial charge in [0.2, 0.25) is 5.91 Å². The molecule has 1 aliphatic rings. The van der Waals surface area contributed by atoms with Crippen LogP contribution in [0.4, 0.5) is 5.82 Å². The van der Waals surface area contributed by atoms with Crippen LogP contribution in [0.3, 0.4) is 0 Å². The first-order valence-electron chi connectivity index (χ1n) is 7.30. The Kier molecular flexibility index (Phi) is 4.32. The summed E-state index contributed by atoms with van der Waals surface area (Å²) >= 11 is 0. The van der Waals surface area contributed by atoms with Crippen LogP contribution in [0.15, 0.2) is 12.7 Å². The second kappa shape index (κ2) is 6.28. The minimum absolute atomic E-state index is 0.303. The molecule has 0 saturated carbocycles. The minimum atomic E-state index is -1.25. The molecule has 0 radical (unpaired) electrons. The number of carbonyl (C=O) groups is 1. The van der Waals surface area contributed by atoms with Crippen LogP contribution in [-0.4, -0.2) is 71.7 Å². The minimum Gasteiger partial charge on any atom is -0.394 e. The Hall–Kier alpha value is -2.34. The molecule has 1 fully saturated rings. The van der Waals surface area contributed by atoms with Gasteiger partial charge in [-0.25, -0.2) is 15.0 Å². The van der Waals surface area contributed by atoms with Gasteiger partial charge in [0.05, 0.1) is 12.9 Å². The number of rotatable bonds is 5. The smallest absolute Gasteiger partial charge is 0.239 e. The molecular formula is C13H18N6O5. The molecule has 0 aromatic carbocycles. The van der Waals surface area contributed by atoms with Crippen molar-refractivity contribution in [2.45, 2.75) is 37.5 Å². The summed E-state index contributed by atoms with van der Waals surface area (Å²) in [4.78, 5) is 23.5. The van der Waals surface area contributed by atoms with Crippen LogP contribution in [-0.2, 0) is 9.53 Å². The van der Waals surface area contributed by atoms with Gasteiger partial charge in [-0.2, -0.15) is 0 Å². The van der Waals surface area contributed by atoms with Gasteiger partial charge in [0, 0.05) is 0 Å². The summed E-state index contributed by atoms with van der Waals surface area (Å²) in [6, 6.07) is -0.665. The quantitative estimate of drug-likeness (QED) is 0.403. The fraction of sp³-hybridized carbons (Fsp3) is 0.538. The molecule has 11 heteroatoms. The number of aliphatic hydroxyl groups excluding tert-OH is 3. The molecule has 0 aliphatic carbocycles. The van der Waals surface area contributed by atoms with E-state index in [1.54, 1.807) is 6.92 Å². The zero-order chi connectivity index (χ0) is 17.4. The second-order valence-electron chi connectivity index (χ2n) is 5.54. The van der Waals surface area contributed by atoms with Gasteiger partial charge < -0.3 is 31.1 Å². The van der Waals surface area contributed by atoms with Gasteiger partial charge in [-0.05, 0) is 6.92 Å². The van der Waals surface area contributed by atoms with E-state index in [2.05, 4.69) is 20.3 Å². The second-order valence-corrected chi connectivity index (χ2v) is 5.54. The average molecular weight is 338 g/mol. The van der Waals surface area contributed by atoms with Crippen LogP contribution >= 0.6 is 0 Å². The summed E-state index contributed by atoms with van der Waals surface area (Å²) in [7, 11) is 0. The first kappa shape index (κ1) is 16.5. The number of hydrogen-bond acceptors (Lipinski definition) is 9. The first-order valence-corrected chi connectivity index (χ1v) is 7.30. The van der Waals surface area contributed by atoms with Crippen molar-refractivity contribution in [3.05, 3.63) is 12.7 Å². The largest absolute Gasteiger partial charge is 0.394 e. The Morgan fingerprint density at radius 1 is 1.42 bits per heavy atom. The number of nitrogens with two attached hydrogens (primary N) is 1. The summed E-state index contributed by atoms with van der Waals surface area (Å²) in [6.07, 6.45) is -1.71. The predicted molar refractivity (Wildman–Crippen MR) is 80.6 cm³/mol. The van der Waals surface area contributed by atoms with Crippen molar-refractivity contribution in [2.75, 3.05) is 11.9 Å². The molecule has 130 valence electrons. The summed E-state index contributed by atoms with van der Waals surface area (Å²) in [6.45, 7) is 1.15. The molecule has 1 amide bonds. The molecule has 1 saturated heterocycles. The highest BCUT2D eigenvalue weighted by Crippen LogP contribution is 2.32. The molecule has 3 heterocycles. The number of nitrogens with one attached hydrogen (secondary N) is 1. The number of aliphatic hydroxyl groups is 3. The number of amides is 1. The van der Waals surface area contributed by atoms with E-state index in [1.807, 2.05) is 0 Å². The summed E-state index contributed by atoms with van der Waals surface area (Å²) < 4.78 is 6.90. The van der Waals surface area contributed by atoms with E-state index in [1.165, 1.54) is 17.2 Å². The van der Waals surface area contributed by atoms with E-state index in [0.29, 0.717) is 17.0 Å². The van der Waals surface area contributed by atoms with Crippen molar-refractivity contribution < 1.29 is 24.9 Å². The van der Waals surface area contributed by atoms with Crippen LogP contribution < -0.4 is 11.1 Å². The van der Waals surface area contributed by atoms with E-state index < -0.39 is 43.1 Å². The number of hydrogen-bond donors (Lipinski definition) is 5. The van der Waals surface area contributed by atoms with E-state index in [9.17, 15) is 20.1 Å². The Labute approximate surface area is 136 Å². The lowest BCUT2D eigenvalue weighted by molar-refractivity contribution is -0.118. The molecule has 24 heavy (non-hydrogen) atoms. The van der Waals surface area contributed by atoms with E-state index >= 15 is 0 Å². The highest BCUT2D eigenvalue weighted by molar-refractivity contribution is 5.87. The number of ether oxygens (including phenoxy) is 1. The first-order chi connectivity index (χ1) is 11.4. The number of fused-ring (bicyclic) bond motifs is 1. The summed E-state index contributed by atoms with van der Waals surface area (Å²) in [5.41, 5.74) is 5.90. The topological polar surface area (TPSA) is 169 Å². The van der Waals surface area contributed by atoms with Gasteiger partial charge in [-0.3, -0.25) is 9.36 Å². The Morgan fingerprint density at radius 3 is 2.79 bits per heavy atom. The number of imidazole rings is 1. The fourth-order valence-corrected chi connectivity index (χ4v) is 2.53. The predicted octanol–water partition coefficient (Wildman–Crippen LogP) is -2.28. The number of primary amides is 1. The zero-order valence-corrected chi connectivity index (χ0v) is 12.8. The Morgan fingerprint density at radius 2 is 2.17 bits per heavy atom. The Balaban J connectivity index is 1.96.